The molecule has 15 heavy (non-hydrogen) atoms. The second kappa shape index (κ2) is 3.70. The zero-order valence-electron chi connectivity index (χ0n) is 8.46. The lowest BCUT2D eigenvalue weighted by molar-refractivity contribution is 0.717. The van der Waals surface area contributed by atoms with Crippen molar-refractivity contribution in [1.29, 1.82) is 0 Å². The Balaban J connectivity index is 2.32. The highest BCUT2D eigenvalue weighted by atomic mass is 15.4. The number of hydrogen-bond acceptors (Lipinski definition) is 4. The Hall–Kier alpha value is -1.88. The first-order valence-corrected chi connectivity index (χ1v) is 4.65. The normalized spacial score (nSPS) is 12.7. The summed E-state index contributed by atoms with van der Waals surface area (Å²) in [6.45, 7) is 0. The molecule has 1 aromatic carbocycles. The average Bonchev–Trinajstić information content (AvgIpc) is 2.59. The number of aromatic nitrogens is 3. The van der Waals surface area contributed by atoms with Crippen LogP contribution in [0.1, 0.15) is 17.4 Å². The van der Waals surface area contributed by atoms with E-state index in [2.05, 4.69) is 10.1 Å². The van der Waals surface area contributed by atoms with E-state index in [1.807, 2.05) is 30.3 Å². The molecule has 0 saturated heterocycles. The SMILES string of the molecule is Cn1nc(C(N)c2ccccc2)nc1N. The van der Waals surface area contributed by atoms with Crippen LogP contribution in [0.2, 0.25) is 0 Å². The van der Waals surface area contributed by atoms with Gasteiger partial charge in [0.1, 0.15) is 0 Å². The third kappa shape index (κ3) is 1.82. The van der Waals surface area contributed by atoms with Gasteiger partial charge < -0.3 is 11.5 Å². The molecule has 0 saturated carbocycles. The minimum absolute atomic E-state index is 0.324. The summed E-state index contributed by atoms with van der Waals surface area (Å²) in [5.74, 6) is 0.914. The number of rotatable bonds is 2. The molecule has 1 unspecified atom stereocenters. The van der Waals surface area contributed by atoms with Crippen LogP contribution in [0.5, 0.6) is 0 Å². The summed E-state index contributed by atoms with van der Waals surface area (Å²) in [5, 5.41) is 4.14. The molecule has 0 fully saturated rings. The van der Waals surface area contributed by atoms with Gasteiger partial charge in [0.15, 0.2) is 5.82 Å². The van der Waals surface area contributed by atoms with E-state index in [0.29, 0.717) is 11.8 Å². The lowest BCUT2D eigenvalue weighted by Gasteiger charge is -2.06. The van der Waals surface area contributed by atoms with E-state index in [1.54, 1.807) is 7.05 Å². The van der Waals surface area contributed by atoms with Crippen LogP contribution in [-0.4, -0.2) is 14.8 Å². The molecule has 0 aliphatic heterocycles. The van der Waals surface area contributed by atoms with Crippen molar-refractivity contribution in [2.45, 2.75) is 6.04 Å². The number of nitrogen functional groups attached to an aromatic ring is 1. The van der Waals surface area contributed by atoms with Crippen molar-refractivity contribution in [1.82, 2.24) is 14.8 Å². The van der Waals surface area contributed by atoms with Crippen molar-refractivity contribution >= 4 is 5.95 Å². The molecular formula is C10H13N5. The van der Waals surface area contributed by atoms with Crippen molar-refractivity contribution in [2.24, 2.45) is 12.8 Å². The standard InChI is InChI=1S/C10H13N5/c1-15-10(12)13-9(14-15)8(11)7-5-3-2-4-6-7/h2-6,8H,11H2,1H3,(H2,12,13,14). The summed E-state index contributed by atoms with van der Waals surface area (Å²) < 4.78 is 1.51. The smallest absolute Gasteiger partial charge is 0.218 e. The average molecular weight is 203 g/mol. The molecular weight excluding hydrogens is 190 g/mol. The molecule has 0 radical (unpaired) electrons. The molecule has 0 aliphatic carbocycles. The monoisotopic (exact) mass is 203 g/mol. The van der Waals surface area contributed by atoms with Crippen LogP contribution in [0.4, 0.5) is 5.95 Å². The maximum atomic E-state index is 6.00. The van der Waals surface area contributed by atoms with E-state index < -0.39 is 0 Å². The topological polar surface area (TPSA) is 82.8 Å². The summed E-state index contributed by atoms with van der Waals surface area (Å²) in [6.07, 6.45) is 0. The number of nitrogens with two attached hydrogens (primary N) is 2. The summed E-state index contributed by atoms with van der Waals surface area (Å²) >= 11 is 0. The Morgan fingerprint density at radius 3 is 2.47 bits per heavy atom. The Morgan fingerprint density at radius 2 is 1.93 bits per heavy atom. The fraction of sp³-hybridized carbons (Fsp3) is 0.200. The molecule has 2 rings (SSSR count). The summed E-state index contributed by atoms with van der Waals surface area (Å²) in [7, 11) is 1.74. The van der Waals surface area contributed by atoms with E-state index in [0.717, 1.165) is 5.56 Å². The highest BCUT2D eigenvalue weighted by molar-refractivity contribution is 5.26. The number of benzene rings is 1. The molecule has 1 aromatic heterocycles. The van der Waals surface area contributed by atoms with Crippen LogP contribution in [0, 0.1) is 0 Å². The van der Waals surface area contributed by atoms with Crippen LogP contribution in [0.15, 0.2) is 30.3 Å². The second-order valence-electron chi connectivity index (χ2n) is 3.34. The van der Waals surface area contributed by atoms with Crippen molar-refractivity contribution in [2.75, 3.05) is 5.73 Å². The van der Waals surface area contributed by atoms with E-state index >= 15 is 0 Å². The number of hydrogen-bond donors (Lipinski definition) is 2. The van der Waals surface area contributed by atoms with Gasteiger partial charge in [0.25, 0.3) is 0 Å². The van der Waals surface area contributed by atoms with E-state index in [-0.39, 0.29) is 6.04 Å². The first-order valence-electron chi connectivity index (χ1n) is 4.65. The van der Waals surface area contributed by atoms with Crippen molar-refractivity contribution in [3.63, 3.8) is 0 Å². The van der Waals surface area contributed by atoms with Gasteiger partial charge in [-0.05, 0) is 5.56 Å². The van der Waals surface area contributed by atoms with Crippen molar-refractivity contribution < 1.29 is 0 Å². The zero-order chi connectivity index (χ0) is 10.8. The molecule has 5 heteroatoms. The van der Waals surface area contributed by atoms with Crippen LogP contribution in [0.3, 0.4) is 0 Å². The van der Waals surface area contributed by atoms with Crippen molar-refractivity contribution in [3.05, 3.63) is 41.7 Å². The maximum absolute atomic E-state index is 6.00. The quantitative estimate of drug-likeness (QED) is 0.742. The molecule has 5 nitrogen and oxygen atoms in total. The molecule has 0 aliphatic rings. The minimum Gasteiger partial charge on any atom is -0.368 e. The van der Waals surface area contributed by atoms with E-state index in [1.165, 1.54) is 4.68 Å². The largest absolute Gasteiger partial charge is 0.368 e. The van der Waals surface area contributed by atoms with E-state index in [4.69, 9.17) is 11.5 Å². The van der Waals surface area contributed by atoms with Gasteiger partial charge in [0, 0.05) is 7.05 Å². The molecule has 0 bridgehead atoms. The van der Waals surface area contributed by atoms with Gasteiger partial charge in [-0.25, -0.2) is 4.68 Å². The van der Waals surface area contributed by atoms with Crippen molar-refractivity contribution in [3.8, 4) is 0 Å². The molecule has 78 valence electrons. The first kappa shape index (κ1) is 9.67. The second-order valence-corrected chi connectivity index (χ2v) is 3.34. The van der Waals surface area contributed by atoms with Gasteiger partial charge in [0.2, 0.25) is 5.95 Å². The predicted molar refractivity (Wildman–Crippen MR) is 57.9 cm³/mol. The molecule has 4 N–H and O–H groups in total. The van der Waals surface area contributed by atoms with Crippen LogP contribution < -0.4 is 11.5 Å². The Morgan fingerprint density at radius 1 is 1.27 bits per heavy atom. The molecule has 0 amide bonds. The number of nitrogens with zero attached hydrogens (tertiary/aromatic N) is 3. The van der Waals surface area contributed by atoms with Crippen LogP contribution >= 0.6 is 0 Å². The third-order valence-electron chi connectivity index (χ3n) is 2.25. The highest BCUT2D eigenvalue weighted by Gasteiger charge is 2.14. The Labute approximate surface area is 87.7 Å². The van der Waals surface area contributed by atoms with Gasteiger partial charge in [-0.3, -0.25) is 0 Å². The Kier molecular flexibility index (Phi) is 2.39. The van der Waals surface area contributed by atoms with Gasteiger partial charge in [0.05, 0.1) is 6.04 Å². The zero-order valence-corrected chi connectivity index (χ0v) is 8.46. The first-order chi connectivity index (χ1) is 7.18. The lowest BCUT2D eigenvalue weighted by Crippen LogP contribution is -2.13. The molecule has 0 spiro atoms. The number of anilines is 1. The molecule has 1 heterocycles. The Bertz CT molecular complexity index is 429. The fourth-order valence-electron chi connectivity index (χ4n) is 1.36. The minimum atomic E-state index is -0.324. The van der Waals surface area contributed by atoms with Gasteiger partial charge in [-0.1, -0.05) is 30.3 Å². The van der Waals surface area contributed by atoms with Gasteiger partial charge in [-0.2, -0.15) is 10.1 Å². The highest BCUT2D eigenvalue weighted by Crippen LogP contribution is 2.16. The number of aryl methyl sites for hydroxylation is 1. The summed E-state index contributed by atoms with van der Waals surface area (Å²) in [5.41, 5.74) is 12.6. The maximum Gasteiger partial charge on any atom is 0.218 e. The van der Waals surface area contributed by atoms with Crippen LogP contribution in [0.25, 0.3) is 0 Å². The summed E-state index contributed by atoms with van der Waals surface area (Å²) in [4.78, 5) is 4.09. The van der Waals surface area contributed by atoms with E-state index in [9.17, 15) is 0 Å². The van der Waals surface area contributed by atoms with Gasteiger partial charge >= 0.3 is 0 Å². The third-order valence-corrected chi connectivity index (χ3v) is 2.25. The predicted octanol–water partition coefficient (Wildman–Crippen LogP) is 0.445. The van der Waals surface area contributed by atoms with Crippen LogP contribution in [-0.2, 0) is 7.05 Å². The molecule has 2 aromatic rings. The van der Waals surface area contributed by atoms with Gasteiger partial charge in [-0.15, -0.1) is 0 Å². The summed E-state index contributed by atoms with van der Waals surface area (Å²) in [6, 6.07) is 9.36. The fourth-order valence-corrected chi connectivity index (χ4v) is 1.36. The molecule has 1 atom stereocenters. The lowest BCUT2D eigenvalue weighted by atomic mass is 10.1.